The normalized spacial score (nSPS) is 14.8. The van der Waals surface area contributed by atoms with Gasteiger partial charge in [-0.25, -0.2) is 4.79 Å². The van der Waals surface area contributed by atoms with Crippen LogP contribution in [0.3, 0.4) is 0 Å². The number of hydrogen-bond donors (Lipinski definition) is 8. The average Bonchev–Trinajstić information content (AvgIpc) is 2.69. The Kier molecular flexibility index (Phi) is 13.0. The van der Waals surface area contributed by atoms with Crippen LogP contribution in [0.2, 0.25) is 0 Å². The van der Waals surface area contributed by atoms with Crippen LogP contribution in [0, 0.1) is 5.92 Å². The zero-order valence-corrected chi connectivity index (χ0v) is 17.8. The van der Waals surface area contributed by atoms with Crippen molar-refractivity contribution in [3.05, 3.63) is 0 Å². The highest BCUT2D eigenvalue weighted by molar-refractivity contribution is 5.96. The van der Waals surface area contributed by atoms with Crippen molar-refractivity contribution in [3.63, 3.8) is 0 Å². The lowest BCUT2D eigenvalue weighted by Gasteiger charge is -2.24. The Bertz CT molecular complexity index is 643. The van der Waals surface area contributed by atoms with E-state index in [1.165, 1.54) is 0 Å². The summed E-state index contributed by atoms with van der Waals surface area (Å²) in [5.74, 6) is -5.04. The summed E-state index contributed by atoms with van der Waals surface area (Å²) in [4.78, 5) is 59.6. The molecule has 0 heterocycles. The summed E-state index contributed by atoms with van der Waals surface area (Å²) in [6.45, 7) is 2.89. The molecule has 0 aliphatic carbocycles. The van der Waals surface area contributed by atoms with Gasteiger partial charge >= 0.3 is 5.97 Å². The highest BCUT2D eigenvalue weighted by Gasteiger charge is 2.31. The fourth-order valence-electron chi connectivity index (χ4n) is 2.47. The minimum Gasteiger partial charge on any atom is -0.480 e. The molecule has 0 aromatic heterocycles. The van der Waals surface area contributed by atoms with Gasteiger partial charge in [-0.05, 0) is 31.7 Å². The molecular weight excluding hydrogens is 412 g/mol. The van der Waals surface area contributed by atoms with Crippen LogP contribution < -0.4 is 33.2 Å². The third-order valence-electron chi connectivity index (χ3n) is 4.44. The molecule has 4 atom stereocenters. The van der Waals surface area contributed by atoms with Crippen molar-refractivity contribution >= 4 is 29.6 Å². The molecular formula is C18H34N6O7. The van der Waals surface area contributed by atoms with Crippen molar-refractivity contribution in [2.24, 2.45) is 23.1 Å². The molecule has 0 aromatic rings. The monoisotopic (exact) mass is 446 g/mol. The summed E-state index contributed by atoms with van der Waals surface area (Å²) in [6.07, 6.45) is 0.552. The molecule has 4 amide bonds. The predicted molar refractivity (Wildman–Crippen MR) is 110 cm³/mol. The van der Waals surface area contributed by atoms with E-state index in [-0.39, 0.29) is 12.3 Å². The smallest absolute Gasteiger partial charge is 0.326 e. The third kappa shape index (κ3) is 10.7. The summed E-state index contributed by atoms with van der Waals surface area (Å²) in [7, 11) is 0. The molecule has 0 radical (unpaired) electrons. The van der Waals surface area contributed by atoms with Gasteiger partial charge in [-0.2, -0.15) is 0 Å². The number of rotatable bonds is 15. The van der Waals surface area contributed by atoms with Gasteiger partial charge in [-0.3, -0.25) is 19.2 Å². The van der Waals surface area contributed by atoms with Crippen molar-refractivity contribution in [3.8, 4) is 0 Å². The van der Waals surface area contributed by atoms with Crippen LogP contribution in [0.15, 0.2) is 0 Å². The second kappa shape index (κ2) is 14.3. The van der Waals surface area contributed by atoms with Crippen molar-refractivity contribution < 1.29 is 34.2 Å². The van der Waals surface area contributed by atoms with E-state index in [2.05, 4.69) is 16.0 Å². The van der Waals surface area contributed by atoms with Gasteiger partial charge in [-0.1, -0.05) is 13.8 Å². The second-order valence-corrected chi connectivity index (χ2v) is 7.43. The number of primary amides is 1. The molecule has 31 heavy (non-hydrogen) atoms. The van der Waals surface area contributed by atoms with Crippen LogP contribution in [0.25, 0.3) is 0 Å². The number of aliphatic hydroxyl groups is 1. The van der Waals surface area contributed by atoms with E-state index in [4.69, 9.17) is 17.2 Å². The molecule has 0 aliphatic rings. The van der Waals surface area contributed by atoms with E-state index in [1.807, 2.05) is 0 Å². The minimum atomic E-state index is -1.52. The van der Waals surface area contributed by atoms with Gasteiger partial charge in [-0.15, -0.1) is 0 Å². The first-order valence-electron chi connectivity index (χ1n) is 9.93. The Hall–Kier alpha value is -2.77. The van der Waals surface area contributed by atoms with E-state index in [0.29, 0.717) is 19.4 Å². The molecule has 0 bridgehead atoms. The van der Waals surface area contributed by atoms with Crippen LogP contribution in [0.5, 0.6) is 0 Å². The minimum absolute atomic E-state index is 0.109. The highest BCUT2D eigenvalue weighted by atomic mass is 16.4. The number of aliphatic carboxylic acids is 1. The summed E-state index contributed by atoms with van der Waals surface area (Å²) in [5, 5.41) is 25.4. The molecule has 0 saturated heterocycles. The summed E-state index contributed by atoms with van der Waals surface area (Å²) >= 11 is 0. The number of carboxylic acid groups (broad SMARTS) is 1. The van der Waals surface area contributed by atoms with E-state index in [1.54, 1.807) is 13.8 Å². The quantitative estimate of drug-likeness (QED) is 0.116. The molecule has 0 aromatic carbocycles. The Morgan fingerprint density at radius 3 is 1.84 bits per heavy atom. The van der Waals surface area contributed by atoms with Crippen molar-refractivity contribution in [1.82, 2.24) is 16.0 Å². The molecule has 178 valence electrons. The summed E-state index contributed by atoms with van der Waals surface area (Å²) < 4.78 is 0. The fourth-order valence-corrected chi connectivity index (χ4v) is 2.47. The number of carbonyl (C=O) groups is 5. The van der Waals surface area contributed by atoms with E-state index in [9.17, 15) is 34.2 Å². The number of amides is 4. The summed E-state index contributed by atoms with van der Waals surface area (Å²) in [6, 6.07) is -5.15. The largest absolute Gasteiger partial charge is 0.480 e. The predicted octanol–water partition coefficient (Wildman–Crippen LogP) is -3.49. The molecule has 13 nitrogen and oxygen atoms in total. The van der Waals surface area contributed by atoms with Crippen LogP contribution in [-0.4, -0.2) is 77.1 Å². The number of nitrogens with two attached hydrogens (primary N) is 3. The third-order valence-corrected chi connectivity index (χ3v) is 4.44. The Labute approximate surface area is 180 Å². The second-order valence-electron chi connectivity index (χ2n) is 7.43. The van der Waals surface area contributed by atoms with Gasteiger partial charge in [0.1, 0.15) is 18.1 Å². The topological polar surface area (TPSA) is 240 Å². The van der Waals surface area contributed by atoms with Crippen LogP contribution in [0.4, 0.5) is 0 Å². The van der Waals surface area contributed by atoms with Crippen molar-refractivity contribution in [1.29, 1.82) is 0 Å². The maximum atomic E-state index is 12.5. The van der Waals surface area contributed by atoms with E-state index in [0.717, 1.165) is 0 Å². The van der Waals surface area contributed by atoms with Crippen molar-refractivity contribution in [2.45, 2.75) is 63.7 Å². The molecule has 0 aliphatic heterocycles. The zero-order valence-electron chi connectivity index (χ0n) is 17.8. The van der Waals surface area contributed by atoms with Gasteiger partial charge in [0.2, 0.25) is 23.6 Å². The number of hydrogen-bond acceptors (Lipinski definition) is 8. The van der Waals surface area contributed by atoms with E-state index >= 15 is 0 Å². The lowest BCUT2D eigenvalue weighted by atomic mass is 10.0. The van der Waals surface area contributed by atoms with Gasteiger partial charge < -0.3 is 43.4 Å². The molecule has 0 spiro atoms. The Morgan fingerprint density at radius 2 is 1.39 bits per heavy atom. The fraction of sp³-hybridized carbons (Fsp3) is 0.722. The number of aliphatic hydroxyl groups excluding tert-OH is 1. The molecule has 13 heteroatoms. The van der Waals surface area contributed by atoms with Gasteiger partial charge in [0, 0.05) is 0 Å². The van der Waals surface area contributed by atoms with Crippen LogP contribution >= 0.6 is 0 Å². The Balaban J connectivity index is 5.20. The SMILES string of the molecule is CC(C)C(N)C(=O)NC(CC(N)=O)C(=O)NC(CO)C(=O)NC(CCCCN)C(=O)O. The van der Waals surface area contributed by atoms with Gasteiger partial charge in [0.15, 0.2) is 0 Å². The average molecular weight is 447 g/mol. The zero-order chi connectivity index (χ0) is 24.1. The van der Waals surface area contributed by atoms with Crippen LogP contribution in [-0.2, 0) is 24.0 Å². The lowest BCUT2D eigenvalue weighted by molar-refractivity contribution is -0.143. The number of carbonyl (C=O) groups excluding carboxylic acids is 4. The first-order valence-corrected chi connectivity index (χ1v) is 9.93. The summed E-state index contributed by atoms with van der Waals surface area (Å²) in [5.41, 5.74) is 16.2. The van der Waals surface area contributed by atoms with Crippen molar-refractivity contribution in [2.75, 3.05) is 13.2 Å². The van der Waals surface area contributed by atoms with Gasteiger partial charge in [0.05, 0.1) is 19.1 Å². The highest BCUT2D eigenvalue weighted by Crippen LogP contribution is 2.03. The van der Waals surface area contributed by atoms with E-state index < -0.39 is 66.8 Å². The first kappa shape index (κ1) is 28.2. The number of unbranched alkanes of at least 4 members (excludes halogenated alkanes) is 1. The lowest BCUT2D eigenvalue weighted by Crippen LogP contribution is -2.59. The maximum absolute atomic E-state index is 12.5. The molecule has 11 N–H and O–H groups in total. The molecule has 0 fully saturated rings. The first-order chi connectivity index (χ1) is 14.4. The molecule has 0 rings (SSSR count). The standard InChI is InChI=1S/C18H34N6O7/c1-9(2)14(21)17(29)23-11(7-13(20)26)15(27)24-12(8-25)16(28)22-10(18(30)31)5-3-4-6-19/h9-12,14,25H,3-8,19,21H2,1-2H3,(H2,20,26)(H,22,28)(H,23,29)(H,24,27)(H,30,31). The number of nitrogens with one attached hydrogen (secondary N) is 3. The van der Waals surface area contributed by atoms with Gasteiger partial charge in [0.25, 0.3) is 0 Å². The molecule has 4 unspecified atom stereocenters. The Morgan fingerprint density at radius 1 is 0.871 bits per heavy atom. The molecule has 0 saturated carbocycles. The number of carboxylic acids is 1. The van der Waals surface area contributed by atoms with Crippen LogP contribution in [0.1, 0.15) is 39.5 Å². The maximum Gasteiger partial charge on any atom is 0.326 e.